The van der Waals surface area contributed by atoms with E-state index in [2.05, 4.69) is 82.6 Å². The predicted octanol–water partition coefficient (Wildman–Crippen LogP) is -8.24. The Bertz CT molecular complexity index is 1590. The first-order valence-corrected chi connectivity index (χ1v) is 12.9. The fraction of sp³-hybridized carbons (Fsp3) is 0.273. The first kappa shape index (κ1) is 25.2. The SMILES string of the molecule is Bc1c(B)c(B)c2c(c1B)c(B)c(B)c1c2oc2c(B)c(Cl)c(B)c(B3OC(C)(C)C(C)(C)O3)c21. The highest BCUT2D eigenvalue weighted by molar-refractivity contribution is 6.76. The Morgan fingerprint density at radius 3 is 1.51 bits per heavy atom. The maximum absolute atomic E-state index is 6.93. The minimum absolute atomic E-state index is 0.451. The highest BCUT2D eigenvalue weighted by Gasteiger charge is 2.53. The van der Waals surface area contributed by atoms with Crippen molar-refractivity contribution in [1.29, 1.82) is 0 Å². The van der Waals surface area contributed by atoms with Crippen molar-refractivity contribution in [2.45, 2.75) is 38.9 Å². The van der Waals surface area contributed by atoms with Crippen molar-refractivity contribution in [3.63, 3.8) is 0 Å². The highest BCUT2D eigenvalue weighted by atomic mass is 35.5. The Morgan fingerprint density at radius 2 is 0.971 bits per heavy atom. The molecule has 0 radical (unpaired) electrons. The number of halogens is 1. The van der Waals surface area contributed by atoms with Crippen molar-refractivity contribution in [1.82, 2.24) is 0 Å². The van der Waals surface area contributed by atoms with Gasteiger partial charge in [0, 0.05) is 21.2 Å². The molecule has 0 N–H and O–H groups in total. The minimum atomic E-state index is -0.528. The molecule has 168 valence electrons. The van der Waals surface area contributed by atoms with Gasteiger partial charge in [-0.1, -0.05) is 38.9 Å². The fourth-order valence-electron chi connectivity index (χ4n) is 5.87. The molecule has 2 heterocycles. The maximum Gasteiger partial charge on any atom is 0.495 e. The average molecular weight is 473 g/mol. The summed E-state index contributed by atoms with van der Waals surface area (Å²) in [6, 6.07) is 0. The van der Waals surface area contributed by atoms with Gasteiger partial charge >= 0.3 is 7.12 Å². The molecule has 1 aromatic heterocycles. The van der Waals surface area contributed by atoms with Gasteiger partial charge in [0.15, 0.2) is 0 Å². The molecule has 0 atom stereocenters. The van der Waals surface area contributed by atoms with Crippen LogP contribution in [0.15, 0.2) is 4.42 Å². The Kier molecular flexibility index (Phi) is 5.58. The third-order valence-electron chi connectivity index (χ3n) is 9.30. The van der Waals surface area contributed by atoms with Crippen LogP contribution in [0.3, 0.4) is 0 Å². The summed E-state index contributed by atoms with van der Waals surface area (Å²) in [5.41, 5.74) is 11.6. The van der Waals surface area contributed by atoms with Crippen LogP contribution in [0.25, 0.3) is 32.7 Å². The van der Waals surface area contributed by atoms with Gasteiger partial charge in [-0.2, -0.15) is 0 Å². The van der Waals surface area contributed by atoms with Crippen molar-refractivity contribution in [3.8, 4) is 0 Å². The molecule has 13 heteroatoms. The number of fused-ring (bicyclic) bond motifs is 5. The lowest BCUT2D eigenvalue weighted by Crippen LogP contribution is -2.50. The molecule has 0 saturated carbocycles. The Morgan fingerprint density at radius 1 is 0.543 bits per heavy atom. The van der Waals surface area contributed by atoms with Gasteiger partial charge in [-0.05, 0) is 44.0 Å². The monoisotopic (exact) mass is 474 g/mol. The minimum Gasteiger partial charge on any atom is -0.456 e. The lowest BCUT2D eigenvalue weighted by Gasteiger charge is -2.32. The number of furan rings is 1. The third-order valence-corrected chi connectivity index (χ3v) is 9.86. The van der Waals surface area contributed by atoms with Crippen LogP contribution in [-0.4, -0.2) is 81.1 Å². The zero-order chi connectivity index (χ0) is 25.9. The number of hydrogen-bond acceptors (Lipinski definition) is 3. The molecule has 1 fully saturated rings. The molecule has 3 aromatic carbocycles. The van der Waals surface area contributed by atoms with Gasteiger partial charge in [-0.15, -0.1) is 10.9 Å². The molecule has 0 amide bonds. The van der Waals surface area contributed by atoms with Crippen LogP contribution in [0.5, 0.6) is 0 Å². The van der Waals surface area contributed by atoms with Crippen LogP contribution < -0.4 is 49.2 Å². The van der Waals surface area contributed by atoms with Gasteiger partial charge in [0.25, 0.3) is 0 Å². The Hall–Kier alpha value is -1.49. The lowest BCUT2D eigenvalue weighted by atomic mass is 9.61. The molecule has 4 aromatic rings. The van der Waals surface area contributed by atoms with Gasteiger partial charge in [0.1, 0.15) is 73.9 Å². The molecule has 0 spiro atoms. The average Bonchev–Trinajstić information content (AvgIpc) is 3.26. The molecule has 0 bridgehead atoms. The maximum atomic E-state index is 6.93. The van der Waals surface area contributed by atoms with Crippen LogP contribution >= 0.6 is 11.6 Å². The molecule has 3 nitrogen and oxygen atoms in total. The molecular formula is C22H28B9ClO3. The van der Waals surface area contributed by atoms with Crippen molar-refractivity contribution in [3.05, 3.63) is 5.02 Å². The Balaban J connectivity index is 2.04. The lowest BCUT2D eigenvalue weighted by molar-refractivity contribution is 0.00578. The van der Waals surface area contributed by atoms with E-state index in [0.29, 0.717) is 5.02 Å². The second-order valence-electron chi connectivity index (χ2n) is 11.6. The second-order valence-corrected chi connectivity index (χ2v) is 12.0. The third kappa shape index (κ3) is 3.18. The van der Waals surface area contributed by atoms with E-state index in [-0.39, 0.29) is 0 Å². The first-order valence-electron chi connectivity index (χ1n) is 12.5. The van der Waals surface area contributed by atoms with Crippen molar-refractivity contribution in [2.75, 3.05) is 0 Å². The van der Waals surface area contributed by atoms with E-state index in [0.717, 1.165) is 38.3 Å². The van der Waals surface area contributed by atoms with Crippen molar-refractivity contribution in [2.24, 2.45) is 0 Å². The number of rotatable bonds is 1. The van der Waals surface area contributed by atoms with E-state index in [4.69, 9.17) is 25.3 Å². The summed E-state index contributed by atoms with van der Waals surface area (Å²) in [7, 11) is 16.9. The van der Waals surface area contributed by atoms with Crippen LogP contribution in [0.4, 0.5) is 0 Å². The highest BCUT2D eigenvalue weighted by Crippen LogP contribution is 2.38. The van der Waals surface area contributed by atoms with E-state index >= 15 is 0 Å². The zero-order valence-electron chi connectivity index (χ0n) is 23.2. The summed E-state index contributed by atoms with van der Waals surface area (Å²) in [5, 5.41) is 5.42. The molecule has 0 unspecified atom stereocenters. The standard InChI is InChI=1S/C22H28B9ClO3/c1-21(2)22(3,4)35-31(34-21)17-8-7-11(25)9(23)5-6(12(26)14(28)13(27)10(5)24)19(7)33-20(8)16(30)18(32)15(17)29/h23-30H2,1-4H3. The summed E-state index contributed by atoms with van der Waals surface area (Å²) >= 11 is 6.93. The summed E-state index contributed by atoms with van der Waals surface area (Å²) in [6.07, 6.45) is 0. The molecule has 0 aliphatic carbocycles. The molecule has 1 saturated heterocycles. The predicted molar refractivity (Wildman–Crippen MR) is 177 cm³/mol. The summed E-state index contributed by atoms with van der Waals surface area (Å²) in [6.45, 7) is 8.35. The first-order chi connectivity index (χ1) is 16.1. The zero-order valence-corrected chi connectivity index (χ0v) is 23.9. The van der Waals surface area contributed by atoms with Crippen LogP contribution in [-0.2, 0) is 9.31 Å². The smallest absolute Gasteiger partial charge is 0.456 e. The van der Waals surface area contributed by atoms with E-state index in [1.54, 1.807) is 0 Å². The van der Waals surface area contributed by atoms with Gasteiger partial charge in [-0.25, -0.2) is 0 Å². The van der Waals surface area contributed by atoms with E-state index in [1.807, 2.05) is 7.85 Å². The van der Waals surface area contributed by atoms with Gasteiger partial charge in [0.05, 0.1) is 11.2 Å². The molecule has 1 aliphatic heterocycles. The van der Waals surface area contributed by atoms with Gasteiger partial charge < -0.3 is 13.7 Å². The summed E-state index contributed by atoms with van der Waals surface area (Å²) in [4.78, 5) is 0. The molecule has 1 aliphatic rings. The van der Waals surface area contributed by atoms with E-state index in [1.165, 1.54) is 43.5 Å². The molecule has 35 heavy (non-hydrogen) atoms. The largest absolute Gasteiger partial charge is 0.495 e. The van der Waals surface area contributed by atoms with Crippen molar-refractivity contribution < 1.29 is 13.7 Å². The fourth-order valence-corrected chi connectivity index (χ4v) is 6.06. The normalized spacial score (nSPS) is 17.2. The van der Waals surface area contributed by atoms with Gasteiger partial charge in [-0.3, -0.25) is 0 Å². The van der Waals surface area contributed by atoms with E-state index < -0.39 is 18.3 Å². The topological polar surface area (TPSA) is 31.6 Å². The van der Waals surface area contributed by atoms with Crippen LogP contribution in [0, 0.1) is 0 Å². The molecule has 5 rings (SSSR count). The van der Waals surface area contributed by atoms with Crippen LogP contribution in [0.1, 0.15) is 27.7 Å². The Labute approximate surface area is 220 Å². The molecular weight excluding hydrogens is 445 g/mol. The number of benzene rings is 3. The quantitative estimate of drug-likeness (QED) is 0.258. The summed E-state index contributed by atoms with van der Waals surface area (Å²) in [5.74, 6) is 0. The van der Waals surface area contributed by atoms with Crippen LogP contribution in [0.2, 0.25) is 5.02 Å². The summed E-state index contributed by atoms with van der Waals surface area (Å²) < 4.78 is 19.9. The van der Waals surface area contributed by atoms with Gasteiger partial charge in [0.2, 0.25) is 0 Å². The second kappa shape index (κ2) is 7.76. The number of hydrogen-bond donors (Lipinski definition) is 0. The van der Waals surface area contributed by atoms with Crippen molar-refractivity contribution >= 4 is 163 Å². The van der Waals surface area contributed by atoms with E-state index in [9.17, 15) is 0 Å².